The quantitative estimate of drug-likeness (QED) is 0.359. The molecule has 0 saturated carbocycles. The van der Waals surface area contributed by atoms with Crippen LogP contribution in [0, 0.1) is 0 Å². The fourth-order valence-corrected chi connectivity index (χ4v) is 3.13. The third-order valence-electron chi connectivity index (χ3n) is 4.56. The number of hydrogen-bond donors (Lipinski definition) is 1. The van der Waals surface area contributed by atoms with E-state index in [1.165, 1.54) is 4.57 Å². The molecule has 0 spiro atoms. The molecule has 32 heavy (non-hydrogen) atoms. The van der Waals surface area contributed by atoms with Gasteiger partial charge in [-0.15, -0.1) is 0 Å². The van der Waals surface area contributed by atoms with Crippen LogP contribution in [0.2, 0.25) is 0 Å². The summed E-state index contributed by atoms with van der Waals surface area (Å²) < 4.78 is 22.8. The first-order valence-electron chi connectivity index (χ1n) is 10.4. The highest BCUT2D eigenvalue weighted by molar-refractivity contribution is 5.96. The van der Waals surface area contributed by atoms with Gasteiger partial charge in [-0.25, -0.2) is 4.79 Å². The fourth-order valence-electron chi connectivity index (χ4n) is 3.13. The van der Waals surface area contributed by atoms with Crippen molar-refractivity contribution in [1.29, 1.82) is 0 Å². The van der Waals surface area contributed by atoms with Crippen LogP contribution in [0.5, 0.6) is 11.5 Å². The van der Waals surface area contributed by atoms with Crippen LogP contribution in [0.3, 0.4) is 0 Å². The number of carbonyl (C=O) groups is 2. The number of aromatic nitrogens is 1. The Morgan fingerprint density at radius 1 is 1.03 bits per heavy atom. The van der Waals surface area contributed by atoms with Crippen molar-refractivity contribution in [3.05, 3.63) is 58.6 Å². The lowest BCUT2D eigenvalue weighted by molar-refractivity contribution is -0.142. The predicted molar refractivity (Wildman–Crippen MR) is 117 cm³/mol. The second-order valence-corrected chi connectivity index (χ2v) is 6.77. The molecule has 1 amide bonds. The number of esters is 1. The minimum atomic E-state index is -0.571. The first-order chi connectivity index (χ1) is 15.5. The topological polar surface area (TPSA) is 109 Å². The van der Waals surface area contributed by atoms with Crippen molar-refractivity contribution >= 4 is 23.0 Å². The molecule has 9 nitrogen and oxygen atoms in total. The highest BCUT2D eigenvalue weighted by atomic mass is 16.5. The Kier molecular flexibility index (Phi) is 7.91. The Morgan fingerprint density at radius 2 is 1.78 bits per heavy atom. The summed E-state index contributed by atoms with van der Waals surface area (Å²) in [4.78, 5) is 36.2. The van der Waals surface area contributed by atoms with Crippen LogP contribution in [-0.4, -0.2) is 42.8 Å². The van der Waals surface area contributed by atoms with E-state index in [1.807, 2.05) is 19.9 Å². The van der Waals surface area contributed by atoms with Crippen molar-refractivity contribution in [3.63, 3.8) is 0 Å². The molecule has 9 heteroatoms. The molecule has 0 aliphatic rings. The van der Waals surface area contributed by atoms with E-state index in [9.17, 15) is 14.4 Å². The van der Waals surface area contributed by atoms with Gasteiger partial charge in [0.05, 0.1) is 25.3 Å². The summed E-state index contributed by atoms with van der Waals surface area (Å²) in [6, 6.07) is 11.9. The average molecular weight is 442 g/mol. The van der Waals surface area contributed by atoms with E-state index in [4.69, 9.17) is 18.6 Å². The van der Waals surface area contributed by atoms with Gasteiger partial charge in [0.1, 0.15) is 6.54 Å². The highest BCUT2D eigenvalue weighted by Crippen LogP contribution is 2.28. The summed E-state index contributed by atoms with van der Waals surface area (Å²) in [6.07, 6.45) is 0.430. The monoisotopic (exact) mass is 442 g/mol. The summed E-state index contributed by atoms with van der Waals surface area (Å²) in [6.45, 7) is 4.79. The molecule has 0 aliphatic heterocycles. The van der Waals surface area contributed by atoms with E-state index in [1.54, 1.807) is 36.4 Å². The van der Waals surface area contributed by atoms with Crippen LogP contribution < -0.4 is 20.5 Å². The van der Waals surface area contributed by atoms with Crippen molar-refractivity contribution in [2.24, 2.45) is 0 Å². The molecule has 170 valence electrons. The number of hydrogen-bond acceptors (Lipinski definition) is 7. The van der Waals surface area contributed by atoms with Crippen LogP contribution in [-0.2, 0) is 16.1 Å². The Bertz CT molecular complexity index is 1130. The molecule has 1 heterocycles. The van der Waals surface area contributed by atoms with Crippen molar-refractivity contribution in [1.82, 2.24) is 9.88 Å². The Balaban J connectivity index is 1.45. The van der Waals surface area contributed by atoms with Crippen molar-refractivity contribution < 1.29 is 28.2 Å². The van der Waals surface area contributed by atoms with E-state index in [2.05, 4.69) is 5.32 Å². The van der Waals surface area contributed by atoms with Gasteiger partial charge in [-0.05, 0) is 50.6 Å². The number of oxazole rings is 1. The zero-order valence-electron chi connectivity index (χ0n) is 18.1. The summed E-state index contributed by atoms with van der Waals surface area (Å²) in [5, 5.41) is 2.53. The van der Waals surface area contributed by atoms with Crippen LogP contribution in [0.25, 0.3) is 11.1 Å². The largest absolute Gasteiger partial charge is 0.490 e. The molecule has 0 bridgehead atoms. The van der Waals surface area contributed by atoms with E-state index in [0.717, 1.165) is 0 Å². The first kappa shape index (κ1) is 22.9. The van der Waals surface area contributed by atoms with E-state index in [0.29, 0.717) is 54.3 Å². The number of rotatable bonds is 11. The molecule has 0 atom stereocenters. The van der Waals surface area contributed by atoms with Crippen LogP contribution in [0.4, 0.5) is 0 Å². The minimum Gasteiger partial charge on any atom is -0.490 e. The summed E-state index contributed by atoms with van der Waals surface area (Å²) >= 11 is 0. The number of amides is 1. The molecular formula is C23H26N2O7. The van der Waals surface area contributed by atoms with Gasteiger partial charge in [0.15, 0.2) is 17.1 Å². The number of ether oxygens (including phenoxy) is 3. The highest BCUT2D eigenvalue weighted by Gasteiger charge is 2.13. The molecule has 0 radical (unpaired) electrons. The van der Waals surface area contributed by atoms with Crippen molar-refractivity contribution in [2.45, 2.75) is 26.8 Å². The molecule has 0 saturated heterocycles. The van der Waals surface area contributed by atoms with Gasteiger partial charge in [-0.2, -0.15) is 0 Å². The number of benzene rings is 2. The maximum Gasteiger partial charge on any atom is 0.419 e. The standard InChI is InChI=1S/C23H26N2O7/c1-3-29-19-11-10-16(14-20(19)30-4-2)22(27)24-15-21(26)31-13-7-12-25-17-8-5-6-9-18(17)32-23(25)28/h5-6,8-11,14H,3-4,7,12-13,15H2,1-2H3,(H,24,27). The van der Waals surface area contributed by atoms with Crippen molar-refractivity contribution in [2.75, 3.05) is 26.4 Å². The summed E-state index contributed by atoms with van der Waals surface area (Å²) in [7, 11) is 0. The van der Waals surface area contributed by atoms with E-state index in [-0.39, 0.29) is 13.2 Å². The maximum atomic E-state index is 12.4. The van der Waals surface area contributed by atoms with E-state index < -0.39 is 17.6 Å². The second-order valence-electron chi connectivity index (χ2n) is 6.77. The molecule has 3 aromatic rings. The van der Waals surface area contributed by atoms with Gasteiger partial charge in [-0.1, -0.05) is 12.1 Å². The Hall–Kier alpha value is -3.75. The van der Waals surface area contributed by atoms with Gasteiger partial charge in [0.25, 0.3) is 5.91 Å². The smallest absolute Gasteiger partial charge is 0.419 e. The van der Waals surface area contributed by atoms with Crippen LogP contribution >= 0.6 is 0 Å². The lowest BCUT2D eigenvalue weighted by Gasteiger charge is -2.12. The lowest BCUT2D eigenvalue weighted by Crippen LogP contribution is -2.31. The Morgan fingerprint density at radius 3 is 2.56 bits per heavy atom. The van der Waals surface area contributed by atoms with Gasteiger partial charge < -0.3 is 23.9 Å². The molecular weight excluding hydrogens is 416 g/mol. The SMILES string of the molecule is CCOc1ccc(C(=O)NCC(=O)OCCCn2c(=O)oc3ccccc32)cc1OCC. The molecule has 0 aliphatic carbocycles. The molecule has 0 unspecified atom stereocenters. The zero-order chi connectivity index (χ0) is 22.9. The first-order valence-corrected chi connectivity index (χ1v) is 10.4. The number of carbonyl (C=O) groups excluding carboxylic acids is 2. The van der Waals surface area contributed by atoms with Gasteiger partial charge >= 0.3 is 11.7 Å². The maximum absolute atomic E-state index is 12.4. The zero-order valence-corrected chi connectivity index (χ0v) is 18.1. The van der Waals surface area contributed by atoms with Gasteiger partial charge in [-0.3, -0.25) is 14.2 Å². The number of nitrogens with zero attached hydrogens (tertiary/aromatic N) is 1. The van der Waals surface area contributed by atoms with Gasteiger partial charge in [0, 0.05) is 12.1 Å². The molecule has 1 N–H and O–H groups in total. The number of nitrogens with one attached hydrogen (secondary N) is 1. The molecule has 2 aromatic carbocycles. The fraction of sp³-hybridized carbons (Fsp3) is 0.348. The third-order valence-corrected chi connectivity index (χ3v) is 4.56. The molecule has 0 fully saturated rings. The predicted octanol–water partition coefficient (Wildman–Crippen LogP) is 2.76. The van der Waals surface area contributed by atoms with Crippen LogP contribution in [0.1, 0.15) is 30.6 Å². The van der Waals surface area contributed by atoms with Gasteiger partial charge in [0.2, 0.25) is 0 Å². The molecule has 3 rings (SSSR count). The number of aryl methyl sites for hydroxylation is 1. The third kappa shape index (κ3) is 5.69. The molecule has 1 aromatic heterocycles. The Labute approximate surface area is 184 Å². The lowest BCUT2D eigenvalue weighted by atomic mass is 10.2. The second kappa shape index (κ2) is 11.0. The summed E-state index contributed by atoms with van der Waals surface area (Å²) in [5.41, 5.74) is 1.55. The summed E-state index contributed by atoms with van der Waals surface area (Å²) in [5.74, 6) is -0.436. The number of para-hydroxylation sites is 2. The minimum absolute atomic E-state index is 0.109. The van der Waals surface area contributed by atoms with Crippen LogP contribution in [0.15, 0.2) is 51.7 Å². The van der Waals surface area contributed by atoms with Crippen molar-refractivity contribution in [3.8, 4) is 11.5 Å². The average Bonchev–Trinajstić information content (AvgIpc) is 3.11. The van der Waals surface area contributed by atoms with E-state index >= 15 is 0 Å². The normalized spacial score (nSPS) is 10.7. The number of fused-ring (bicyclic) bond motifs is 1.